The number of carbonyl (C=O) groups excluding carboxylic acids is 2. The summed E-state index contributed by atoms with van der Waals surface area (Å²) in [6, 6.07) is -1.46. The second-order valence-electron chi connectivity index (χ2n) is 6.68. The number of alkyl carbamates (subject to hydrolysis) is 1. The zero-order valence-electron chi connectivity index (χ0n) is 15.3. The lowest BCUT2D eigenvalue weighted by molar-refractivity contribution is -0.137. The van der Waals surface area contributed by atoms with Crippen molar-refractivity contribution in [3.63, 3.8) is 0 Å². The van der Waals surface area contributed by atoms with Gasteiger partial charge in [-0.2, -0.15) is 8.78 Å². The Balaban J connectivity index is 2.89. The van der Waals surface area contributed by atoms with Crippen LogP contribution in [0.25, 0.3) is 0 Å². The van der Waals surface area contributed by atoms with Gasteiger partial charge in [0.1, 0.15) is 12.2 Å². The molecule has 1 amide bonds. The summed E-state index contributed by atoms with van der Waals surface area (Å²) in [4.78, 5) is 34.7. The van der Waals surface area contributed by atoms with Crippen LogP contribution in [-0.4, -0.2) is 41.2 Å². The lowest BCUT2D eigenvalue weighted by atomic mass is 10.1. The van der Waals surface area contributed by atoms with E-state index in [9.17, 15) is 31.9 Å². The highest BCUT2D eigenvalue weighted by Gasteiger charge is 2.27. The van der Waals surface area contributed by atoms with E-state index < -0.39 is 71.5 Å². The molecule has 0 aromatic heterocycles. The van der Waals surface area contributed by atoms with Crippen molar-refractivity contribution in [2.24, 2.45) is 0 Å². The third kappa shape index (κ3) is 7.05. The molecule has 0 heterocycles. The summed E-state index contributed by atoms with van der Waals surface area (Å²) in [7, 11) is 0. The molecule has 0 bridgehead atoms. The van der Waals surface area contributed by atoms with E-state index in [2.05, 4.69) is 10.1 Å². The molecule has 1 rings (SSSR count). The fourth-order valence-electron chi connectivity index (χ4n) is 1.95. The van der Waals surface area contributed by atoms with Gasteiger partial charge in [0.2, 0.25) is 11.6 Å². The van der Waals surface area contributed by atoms with Gasteiger partial charge >= 0.3 is 12.1 Å². The first-order chi connectivity index (χ1) is 12.8. The maximum atomic E-state index is 13.6. The smallest absolute Gasteiger partial charge is 0.408 e. The number of ketones is 1. The van der Waals surface area contributed by atoms with Crippen LogP contribution in [0.3, 0.4) is 0 Å². The molecule has 0 radical (unpaired) electrons. The van der Waals surface area contributed by atoms with Crippen LogP contribution in [0.2, 0.25) is 0 Å². The van der Waals surface area contributed by atoms with E-state index in [4.69, 9.17) is 9.84 Å². The van der Waals surface area contributed by atoms with Gasteiger partial charge in [-0.3, -0.25) is 9.59 Å². The molecule has 28 heavy (non-hydrogen) atoms. The maximum Gasteiger partial charge on any atom is 0.408 e. The van der Waals surface area contributed by atoms with E-state index in [0.717, 1.165) is 0 Å². The van der Waals surface area contributed by atoms with Crippen LogP contribution in [0, 0.1) is 23.3 Å². The zero-order chi connectivity index (χ0) is 21.6. The molecule has 0 aliphatic heterocycles. The Bertz CT molecular complexity index is 737. The lowest BCUT2D eigenvalue weighted by Gasteiger charge is -2.23. The van der Waals surface area contributed by atoms with E-state index in [-0.39, 0.29) is 12.5 Å². The average molecular weight is 409 g/mol. The van der Waals surface area contributed by atoms with Gasteiger partial charge in [-0.25, -0.2) is 13.6 Å². The Morgan fingerprint density at radius 2 is 1.64 bits per heavy atom. The number of ether oxygens (including phenoxy) is 2. The van der Waals surface area contributed by atoms with Crippen LogP contribution < -0.4 is 10.1 Å². The van der Waals surface area contributed by atoms with E-state index in [0.29, 0.717) is 0 Å². The summed E-state index contributed by atoms with van der Waals surface area (Å²) in [6.45, 7) is 3.56. The van der Waals surface area contributed by atoms with Crippen molar-refractivity contribution in [3.8, 4) is 5.75 Å². The molecule has 1 aromatic carbocycles. The first kappa shape index (κ1) is 23.2. The average Bonchev–Trinajstić information content (AvgIpc) is 2.54. The van der Waals surface area contributed by atoms with Crippen molar-refractivity contribution in [1.82, 2.24) is 5.32 Å². The van der Waals surface area contributed by atoms with E-state index >= 15 is 0 Å². The minimum absolute atomic E-state index is 0.0287. The maximum absolute atomic E-state index is 13.6. The summed E-state index contributed by atoms with van der Waals surface area (Å²) in [5.74, 6) is -10.8. The SMILES string of the molecule is CC(C)(C)OC(=O)NC(CCC(=O)O)C(=O)COc1c(F)c(F)cc(F)c1F. The van der Waals surface area contributed by atoms with Crippen molar-refractivity contribution >= 4 is 17.8 Å². The predicted octanol–water partition coefficient (Wildman–Crippen LogP) is 2.95. The molecule has 0 fully saturated rings. The largest absolute Gasteiger partial charge is 0.481 e. The number of halogens is 4. The molecule has 0 spiro atoms. The second kappa shape index (κ2) is 9.38. The zero-order valence-corrected chi connectivity index (χ0v) is 15.3. The Morgan fingerprint density at radius 3 is 2.11 bits per heavy atom. The van der Waals surface area contributed by atoms with Crippen molar-refractivity contribution in [3.05, 3.63) is 29.3 Å². The summed E-state index contributed by atoms with van der Waals surface area (Å²) >= 11 is 0. The normalized spacial score (nSPS) is 12.2. The van der Waals surface area contributed by atoms with Gasteiger partial charge in [0.05, 0.1) is 6.04 Å². The van der Waals surface area contributed by atoms with Gasteiger partial charge in [-0.1, -0.05) is 0 Å². The molecular weight excluding hydrogens is 390 g/mol. The minimum atomic E-state index is -1.84. The van der Waals surface area contributed by atoms with E-state index in [1.165, 1.54) is 0 Å². The Morgan fingerprint density at radius 1 is 1.11 bits per heavy atom. The van der Waals surface area contributed by atoms with Crippen molar-refractivity contribution < 1.29 is 46.5 Å². The number of carboxylic acids is 1. The Kier molecular flexibility index (Phi) is 7.77. The number of hydrogen-bond acceptors (Lipinski definition) is 5. The van der Waals surface area contributed by atoms with Crippen LogP contribution >= 0.6 is 0 Å². The highest BCUT2D eigenvalue weighted by atomic mass is 19.2. The fourth-order valence-corrected chi connectivity index (χ4v) is 1.95. The molecule has 1 atom stereocenters. The van der Waals surface area contributed by atoms with Crippen LogP contribution in [0.5, 0.6) is 5.75 Å². The molecule has 7 nitrogen and oxygen atoms in total. The number of rotatable bonds is 8. The summed E-state index contributed by atoms with van der Waals surface area (Å²) in [5, 5.41) is 10.9. The molecule has 1 unspecified atom stereocenters. The molecule has 0 aliphatic rings. The molecule has 1 aromatic rings. The standard InChI is InChI=1S/C17H19F4NO6/c1-17(2,3)28-16(26)22-10(4-5-12(24)25)11(23)7-27-15-13(20)8(18)6-9(19)14(15)21/h6,10H,4-5,7H2,1-3H3,(H,22,26)(H,24,25). The van der Waals surface area contributed by atoms with Crippen molar-refractivity contribution in [2.75, 3.05) is 6.61 Å². The third-order valence-electron chi connectivity index (χ3n) is 3.16. The molecule has 11 heteroatoms. The van der Waals surface area contributed by atoms with Crippen LogP contribution in [-0.2, 0) is 14.3 Å². The van der Waals surface area contributed by atoms with E-state index in [1.54, 1.807) is 20.8 Å². The Hall–Kier alpha value is -2.85. The number of carboxylic acid groups (broad SMARTS) is 1. The molecule has 0 aliphatic carbocycles. The number of benzene rings is 1. The summed E-state index contributed by atoms with van der Waals surface area (Å²) in [5.41, 5.74) is -0.910. The molecule has 156 valence electrons. The molecule has 0 saturated heterocycles. The molecule has 2 N–H and O–H groups in total. The number of aliphatic carboxylic acids is 1. The van der Waals surface area contributed by atoms with Gasteiger partial charge in [-0.15, -0.1) is 0 Å². The Labute approximate surface area is 157 Å². The fraction of sp³-hybridized carbons (Fsp3) is 0.471. The summed E-state index contributed by atoms with van der Waals surface area (Å²) in [6.07, 6.45) is -1.94. The van der Waals surface area contributed by atoms with Gasteiger partial charge in [0, 0.05) is 12.5 Å². The van der Waals surface area contributed by atoms with Gasteiger partial charge < -0.3 is 19.9 Å². The number of Topliss-reactive ketones (excluding diaryl/α,β-unsaturated/α-hetero) is 1. The van der Waals surface area contributed by atoms with Crippen molar-refractivity contribution in [1.29, 1.82) is 0 Å². The first-order valence-electron chi connectivity index (χ1n) is 8.01. The van der Waals surface area contributed by atoms with Gasteiger partial charge in [0.15, 0.2) is 23.2 Å². The monoisotopic (exact) mass is 409 g/mol. The van der Waals surface area contributed by atoms with Crippen LogP contribution in [0.1, 0.15) is 33.6 Å². The van der Waals surface area contributed by atoms with Gasteiger partial charge in [-0.05, 0) is 27.2 Å². The predicted molar refractivity (Wildman–Crippen MR) is 86.8 cm³/mol. The van der Waals surface area contributed by atoms with Crippen LogP contribution in [0.15, 0.2) is 6.07 Å². The minimum Gasteiger partial charge on any atom is -0.481 e. The highest BCUT2D eigenvalue weighted by Crippen LogP contribution is 2.26. The quantitative estimate of drug-likeness (QED) is 0.506. The third-order valence-corrected chi connectivity index (χ3v) is 3.16. The van der Waals surface area contributed by atoms with Crippen molar-refractivity contribution in [2.45, 2.75) is 45.3 Å². The molecule has 0 saturated carbocycles. The number of carbonyl (C=O) groups is 3. The highest BCUT2D eigenvalue weighted by molar-refractivity contribution is 5.89. The summed E-state index contributed by atoms with van der Waals surface area (Å²) < 4.78 is 62.9. The lowest BCUT2D eigenvalue weighted by Crippen LogP contribution is -2.45. The number of hydrogen-bond donors (Lipinski definition) is 2. The van der Waals surface area contributed by atoms with Crippen LogP contribution in [0.4, 0.5) is 22.4 Å². The van der Waals surface area contributed by atoms with Gasteiger partial charge in [0.25, 0.3) is 0 Å². The topological polar surface area (TPSA) is 102 Å². The number of nitrogens with one attached hydrogen (secondary N) is 1. The first-order valence-corrected chi connectivity index (χ1v) is 8.01. The molecular formula is C17H19F4NO6. The van der Waals surface area contributed by atoms with E-state index in [1.807, 2.05) is 0 Å². The number of amides is 1. The second-order valence-corrected chi connectivity index (χ2v) is 6.68.